The smallest absolute Gasteiger partial charge is 0.227 e. The Morgan fingerprint density at radius 2 is 1.90 bits per heavy atom. The van der Waals surface area contributed by atoms with Crippen LogP contribution in [-0.4, -0.2) is 23.9 Å². The molecule has 1 amide bonds. The minimum atomic E-state index is 0. The van der Waals surface area contributed by atoms with Crippen molar-refractivity contribution < 1.29 is 4.79 Å². The van der Waals surface area contributed by atoms with Crippen LogP contribution < -0.4 is 5.73 Å². The van der Waals surface area contributed by atoms with E-state index in [2.05, 4.69) is 0 Å². The molecule has 0 aliphatic carbocycles. The molecule has 1 aromatic carbocycles. The van der Waals surface area contributed by atoms with Gasteiger partial charge in [0.1, 0.15) is 0 Å². The predicted octanol–water partition coefficient (Wildman–Crippen LogP) is 3.09. The summed E-state index contributed by atoms with van der Waals surface area (Å²) in [7, 11) is 0. The van der Waals surface area contributed by atoms with Gasteiger partial charge in [-0.1, -0.05) is 30.3 Å². The summed E-state index contributed by atoms with van der Waals surface area (Å²) in [6.45, 7) is 1.98. The number of carbonyl (C=O) groups excluding carboxylic acids is 1. The quantitative estimate of drug-likeness (QED) is 0.850. The number of halogens is 1. The Labute approximate surface area is 136 Å². The maximum absolute atomic E-state index is 12.4. The van der Waals surface area contributed by atoms with Gasteiger partial charge in [0.05, 0.1) is 6.42 Å². The van der Waals surface area contributed by atoms with Gasteiger partial charge in [-0.25, -0.2) is 0 Å². The minimum Gasteiger partial charge on any atom is -0.338 e. The highest BCUT2D eigenvalue weighted by Crippen LogP contribution is 2.11. The second-order valence-corrected chi connectivity index (χ2v) is 5.53. The average Bonchev–Trinajstić information content (AvgIpc) is 2.97. The van der Waals surface area contributed by atoms with E-state index < -0.39 is 0 Å². The summed E-state index contributed by atoms with van der Waals surface area (Å²) in [6.07, 6.45) is 1.31. The van der Waals surface area contributed by atoms with Crippen molar-refractivity contribution >= 4 is 29.7 Å². The molecule has 0 unspecified atom stereocenters. The van der Waals surface area contributed by atoms with Crippen LogP contribution in [0, 0.1) is 0 Å². The molecule has 114 valence electrons. The Morgan fingerprint density at radius 3 is 2.52 bits per heavy atom. The van der Waals surface area contributed by atoms with Crippen molar-refractivity contribution in [1.29, 1.82) is 0 Å². The van der Waals surface area contributed by atoms with Crippen LogP contribution in [0.1, 0.15) is 17.5 Å². The van der Waals surface area contributed by atoms with Gasteiger partial charge in [0, 0.05) is 13.1 Å². The molecular weight excluding hydrogens is 304 g/mol. The number of hydrogen-bond donors (Lipinski definition) is 1. The highest BCUT2D eigenvalue weighted by Gasteiger charge is 2.14. The zero-order valence-corrected chi connectivity index (χ0v) is 13.5. The molecule has 2 N–H and O–H groups in total. The summed E-state index contributed by atoms with van der Waals surface area (Å²) in [5, 5.41) is 4.03. The molecule has 0 fully saturated rings. The van der Waals surface area contributed by atoms with Gasteiger partial charge in [0.25, 0.3) is 0 Å². The molecule has 21 heavy (non-hydrogen) atoms. The lowest BCUT2D eigenvalue weighted by Gasteiger charge is -2.22. The van der Waals surface area contributed by atoms with Crippen LogP contribution >= 0.6 is 23.7 Å². The number of amides is 1. The number of nitrogens with two attached hydrogens (primary N) is 1. The van der Waals surface area contributed by atoms with Gasteiger partial charge in [-0.3, -0.25) is 4.79 Å². The SMILES string of the molecule is Cl.NCCCN(Cc1ccccc1)C(=O)Cc1ccsc1. The molecule has 3 nitrogen and oxygen atoms in total. The standard InChI is InChI=1S/C16H20N2OS.ClH/c17-8-4-9-18(12-14-5-2-1-3-6-14)16(19)11-15-7-10-20-13-15;/h1-3,5-7,10,13H,4,8-9,11-12,17H2;1H. The maximum atomic E-state index is 12.4. The van der Waals surface area contributed by atoms with E-state index in [0.717, 1.165) is 17.5 Å². The van der Waals surface area contributed by atoms with Gasteiger partial charge in [0.2, 0.25) is 5.91 Å². The summed E-state index contributed by atoms with van der Waals surface area (Å²) in [5.41, 5.74) is 7.81. The van der Waals surface area contributed by atoms with Crippen LogP contribution in [0.3, 0.4) is 0 Å². The number of thiophene rings is 1. The van der Waals surface area contributed by atoms with Crippen molar-refractivity contribution in [3.63, 3.8) is 0 Å². The Hall–Kier alpha value is -1.36. The van der Waals surface area contributed by atoms with Crippen LogP contribution in [0.5, 0.6) is 0 Å². The Kier molecular flexibility index (Phi) is 8.05. The Bertz CT molecular complexity index is 516. The molecule has 0 atom stereocenters. The topological polar surface area (TPSA) is 46.3 Å². The molecule has 2 aromatic rings. The van der Waals surface area contributed by atoms with Crippen LogP contribution in [0.2, 0.25) is 0 Å². The summed E-state index contributed by atoms with van der Waals surface area (Å²) < 4.78 is 0. The molecule has 0 saturated heterocycles. The van der Waals surface area contributed by atoms with Crippen molar-refractivity contribution in [2.75, 3.05) is 13.1 Å². The molecule has 1 aromatic heterocycles. The normalized spacial score (nSPS) is 9.95. The van der Waals surface area contributed by atoms with Gasteiger partial charge >= 0.3 is 0 Å². The molecule has 0 spiro atoms. The lowest BCUT2D eigenvalue weighted by atomic mass is 10.1. The first-order valence-corrected chi connectivity index (χ1v) is 7.76. The van der Waals surface area contributed by atoms with Crippen molar-refractivity contribution in [2.45, 2.75) is 19.4 Å². The van der Waals surface area contributed by atoms with E-state index >= 15 is 0 Å². The molecule has 0 bridgehead atoms. The molecule has 5 heteroatoms. The van der Waals surface area contributed by atoms with E-state index in [4.69, 9.17) is 5.73 Å². The Balaban J connectivity index is 0.00000220. The highest BCUT2D eigenvalue weighted by molar-refractivity contribution is 7.07. The van der Waals surface area contributed by atoms with Crippen molar-refractivity contribution in [2.24, 2.45) is 5.73 Å². The fourth-order valence-electron chi connectivity index (χ4n) is 2.06. The van der Waals surface area contributed by atoms with Crippen molar-refractivity contribution in [1.82, 2.24) is 4.90 Å². The lowest BCUT2D eigenvalue weighted by Crippen LogP contribution is -2.33. The van der Waals surface area contributed by atoms with Crippen LogP contribution in [0.15, 0.2) is 47.2 Å². The van der Waals surface area contributed by atoms with E-state index in [-0.39, 0.29) is 18.3 Å². The van der Waals surface area contributed by atoms with E-state index in [1.54, 1.807) is 11.3 Å². The molecule has 1 heterocycles. The van der Waals surface area contributed by atoms with Crippen LogP contribution in [0.25, 0.3) is 0 Å². The molecule has 0 aliphatic heterocycles. The zero-order chi connectivity index (χ0) is 14.2. The maximum Gasteiger partial charge on any atom is 0.227 e. The van der Waals surface area contributed by atoms with E-state index in [9.17, 15) is 4.79 Å². The van der Waals surface area contributed by atoms with Gasteiger partial charge in [-0.15, -0.1) is 12.4 Å². The number of rotatable bonds is 7. The number of carbonyl (C=O) groups is 1. The van der Waals surface area contributed by atoms with Crippen molar-refractivity contribution in [3.8, 4) is 0 Å². The largest absolute Gasteiger partial charge is 0.338 e. The number of benzene rings is 1. The molecule has 0 aliphatic rings. The third-order valence-electron chi connectivity index (χ3n) is 3.14. The number of nitrogens with zero attached hydrogens (tertiary/aromatic N) is 1. The van der Waals surface area contributed by atoms with Gasteiger partial charge < -0.3 is 10.6 Å². The van der Waals surface area contributed by atoms with Gasteiger partial charge in [0.15, 0.2) is 0 Å². The molecular formula is C16H21ClN2OS. The van der Waals surface area contributed by atoms with Crippen LogP contribution in [0.4, 0.5) is 0 Å². The number of hydrogen-bond acceptors (Lipinski definition) is 3. The van der Waals surface area contributed by atoms with E-state index in [0.29, 0.717) is 26.1 Å². The third-order valence-corrected chi connectivity index (χ3v) is 3.87. The fourth-order valence-corrected chi connectivity index (χ4v) is 2.73. The minimum absolute atomic E-state index is 0. The first-order chi connectivity index (χ1) is 9.79. The van der Waals surface area contributed by atoms with E-state index in [1.807, 2.05) is 52.1 Å². The monoisotopic (exact) mass is 324 g/mol. The van der Waals surface area contributed by atoms with Gasteiger partial charge in [-0.2, -0.15) is 11.3 Å². The van der Waals surface area contributed by atoms with E-state index in [1.165, 1.54) is 0 Å². The second-order valence-electron chi connectivity index (χ2n) is 4.75. The summed E-state index contributed by atoms with van der Waals surface area (Å²) in [6, 6.07) is 12.1. The molecule has 0 radical (unpaired) electrons. The fraction of sp³-hybridized carbons (Fsp3) is 0.312. The lowest BCUT2D eigenvalue weighted by molar-refractivity contribution is -0.131. The first kappa shape index (κ1) is 17.7. The first-order valence-electron chi connectivity index (χ1n) is 6.82. The van der Waals surface area contributed by atoms with Gasteiger partial charge in [-0.05, 0) is 40.9 Å². The third kappa shape index (κ3) is 5.87. The second kappa shape index (κ2) is 9.55. The van der Waals surface area contributed by atoms with Crippen molar-refractivity contribution in [3.05, 3.63) is 58.3 Å². The summed E-state index contributed by atoms with van der Waals surface area (Å²) in [4.78, 5) is 14.3. The molecule has 0 saturated carbocycles. The van der Waals surface area contributed by atoms with Crippen LogP contribution in [-0.2, 0) is 17.8 Å². The zero-order valence-electron chi connectivity index (χ0n) is 11.9. The average molecular weight is 325 g/mol. The highest BCUT2D eigenvalue weighted by atomic mass is 35.5. The Morgan fingerprint density at radius 1 is 1.14 bits per heavy atom. The molecule has 2 rings (SSSR count). The predicted molar refractivity (Wildman–Crippen MR) is 90.8 cm³/mol. The summed E-state index contributed by atoms with van der Waals surface area (Å²) in [5.74, 6) is 0.167. The summed E-state index contributed by atoms with van der Waals surface area (Å²) >= 11 is 1.62.